The van der Waals surface area contributed by atoms with Crippen LogP contribution in [0.25, 0.3) is 22.5 Å². The van der Waals surface area contributed by atoms with Crippen molar-refractivity contribution in [3.8, 4) is 22.5 Å². The second-order valence-electron chi connectivity index (χ2n) is 17.6. The number of benzene rings is 4. The van der Waals surface area contributed by atoms with Gasteiger partial charge in [-0.25, -0.2) is 61.9 Å². The van der Waals surface area contributed by atoms with Gasteiger partial charge in [-0.05, 0) is 73.5 Å². The summed E-state index contributed by atoms with van der Waals surface area (Å²) < 4.78 is 71.8. The Morgan fingerprint density at radius 2 is 1.13 bits per heavy atom. The molecular formula is C52H46F4N14O5S3. The Bertz CT molecular complexity index is 3610. The van der Waals surface area contributed by atoms with E-state index in [1.54, 1.807) is 66.5 Å². The van der Waals surface area contributed by atoms with Crippen LogP contribution in [-0.2, 0) is 23.9 Å². The van der Waals surface area contributed by atoms with E-state index in [0.29, 0.717) is 62.4 Å². The minimum Gasteiger partial charge on any atom is -0.353 e. The number of para-hydroxylation sites is 2. The van der Waals surface area contributed by atoms with Crippen LogP contribution < -0.4 is 41.7 Å². The predicted molar refractivity (Wildman–Crippen MR) is 290 cm³/mol. The van der Waals surface area contributed by atoms with Crippen molar-refractivity contribution >= 4 is 96.6 Å². The van der Waals surface area contributed by atoms with E-state index in [4.69, 9.17) is 4.98 Å². The van der Waals surface area contributed by atoms with E-state index in [0.717, 1.165) is 45.2 Å². The number of amides is 6. The quantitative estimate of drug-likeness (QED) is 0.0338. The Labute approximate surface area is 453 Å². The van der Waals surface area contributed by atoms with Gasteiger partial charge < -0.3 is 21.3 Å². The van der Waals surface area contributed by atoms with Gasteiger partial charge in [0.2, 0.25) is 11.1 Å². The molecule has 8 aromatic rings. The number of carbonyl (C=O) groups is 4. The first-order valence-corrected chi connectivity index (χ1v) is 27.1. The smallest absolute Gasteiger partial charge is 0.328 e. The fourth-order valence-electron chi connectivity index (χ4n) is 8.25. The van der Waals surface area contributed by atoms with Crippen LogP contribution in [0, 0.1) is 37.1 Å². The maximum absolute atomic E-state index is 14.9. The van der Waals surface area contributed by atoms with E-state index in [1.807, 2.05) is 20.8 Å². The molecule has 0 saturated heterocycles. The van der Waals surface area contributed by atoms with E-state index in [-0.39, 0.29) is 53.5 Å². The van der Waals surface area contributed by atoms with Crippen LogP contribution in [0.5, 0.6) is 0 Å². The average Bonchev–Trinajstić information content (AvgIpc) is 4.26. The van der Waals surface area contributed by atoms with Gasteiger partial charge in [-0.1, -0.05) is 38.1 Å². The van der Waals surface area contributed by atoms with Gasteiger partial charge in [0, 0.05) is 81.9 Å². The Morgan fingerprint density at radius 1 is 0.667 bits per heavy atom. The van der Waals surface area contributed by atoms with Crippen molar-refractivity contribution in [2.45, 2.75) is 52.0 Å². The molecule has 400 valence electrons. The molecule has 2 aliphatic heterocycles. The number of nitrogens with zero attached hydrogens (tertiary/aromatic N) is 8. The van der Waals surface area contributed by atoms with Crippen molar-refractivity contribution in [3.05, 3.63) is 153 Å². The molecule has 10 rings (SSSR count). The van der Waals surface area contributed by atoms with E-state index >= 15 is 0 Å². The Hall–Kier alpha value is -8.59. The average molecular weight is 1120 g/mol. The number of hydrogen-bond acceptors (Lipinski definition) is 15. The first-order chi connectivity index (χ1) is 37.5. The summed E-state index contributed by atoms with van der Waals surface area (Å²) in [4.78, 5) is 79.6. The van der Waals surface area contributed by atoms with Crippen molar-refractivity contribution in [3.63, 3.8) is 0 Å². The Balaban J connectivity index is 0.000000191. The van der Waals surface area contributed by atoms with Crippen molar-refractivity contribution in [1.29, 1.82) is 0 Å². The number of rotatable bonds is 14. The van der Waals surface area contributed by atoms with Crippen molar-refractivity contribution < 1.29 is 40.9 Å². The summed E-state index contributed by atoms with van der Waals surface area (Å²) in [6.07, 6.45) is 4.52. The van der Waals surface area contributed by atoms with Crippen LogP contribution >= 0.6 is 22.7 Å². The summed E-state index contributed by atoms with van der Waals surface area (Å²) in [5.74, 6) is -4.43. The van der Waals surface area contributed by atoms with Gasteiger partial charge in [0.15, 0.2) is 21.9 Å². The first-order valence-electron chi connectivity index (χ1n) is 23.8. The fraction of sp³-hybridized carbons (Fsp3) is 0.192. The lowest BCUT2D eigenvalue weighted by Crippen LogP contribution is -2.43. The van der Waals surface area contributed by atoms with Crippen molar-refractivity contribution in [2.24, 2.45) is 0 Å². The molecule has 1 atom stereocenters. The van der Waals surface area contributed by atoms with Gasteiger partial charge in [0.1, 0.15) is 34.6 Å². The molecule has 19 nitrogen and oxygen atoms in total. The molecule has 1 unspecified atom stereocenters. The predicted octanol–water partition coefficient (Wildman–Crippen LogP) is 9.75. The van der Waals surface area contributed by atoms with Crippen LogP contribution in [0.2, 0.25) is 0 Å². The summed E-state index contributed by atoms with van der Waals surface area (Å²) in [5.41, 5.74) is 3.60. The zero-order valence-electron chi connectivity index (χ0n) is 42.0. The number of nitrogens with one attached hydrogen (secondary N) is 6. The minimum atomic E-state index is -1.70. The van der Waals surface area contributed by atoms with Crippen molar-refractivity contribution in [1.82, 2.24) is 45.9 Å². The maximum atomic E-state index is 14.9. The number of halogens is 4. The first kappa shape index (κ1) is 54.2. The Morgan fingerprint density at radius 3 is 1.56 bits per heavy atom. The van der Waals surface area contributed by atoms with Gasteiger partial charge in [-0.2, -0.15) is 4.98 Å². The molecule has 4 aromatic carbocycles. The zero-order valence-corrected chi connectivity index (χ0v) is 44.4. The third kappa shape index (κ3) is 11.6. The fourth-order valence-corrected chi connectivity index (χ4v) is 9.74. The number of hydrogen-bond donors (Lipinski definition) is 6. The lowest BCUT2D eigenvalue weighted by molar-refractivity contribution is 0.101. The number of thiazole rings is 2. The molecule has 0 saturated carbocycles. The monoisotopic (exact) mass is 1120 g/mol. The van der Waals surface area contributed by atoms with E-state index < -0.39 is 63.4 Å². The lowest BCUT2D eigenvalue weighted by atomic mass is 9.97. The summed E-state index contributed by atoms with van der Waals surface area (Å²) in [7, 11) is -1.70. The molecule has 78 heavy (non-hydrogen) atoms. The van der Waals surface area contributed by atoms with E-state index in [1.165, 1.54) is 41.1 Å². The normalized spacial score (nSPS) is 13.2. The van der Waals surface area contributed by atoms with Gasteiger partial charge in [0.05, 0.1) is 35.3 Å². The highest BCUT2D eigenvalue weighted by molar-refractivity contribution is 7.84. The number of aryl methyl sites for hydroxylation is 2. The van der Waals surface area contributed by atoms with Crippen molar-refractivity contribution in [2.75, 3.05) is 45.1 Å². The molecule has 0 radical (unpaired) electrons. The van der Waals surface area contributed by atoms with Crippen LogP contribution in [0.15, 0.2) is 101 Å². The molecule has 6 heterocycles. The molecule has 4 aromatic heterocycles. The van der Waals surface area contributed by atoms with Gasteiger partial charge >= 0.3 is 12.1 Å². The van der Waals surface area contributed by atoms with E-state index in [9.17, 15) is 40.9 Å². The standard InChI is InChI=1S/C28H28F2N8O2S.C24H18F2N6O3S2/c1-15(2)31-9-10-32-26-35-22(18-13-17(8-7-16(18)3)25(39)37-27-33-11-12-41-27)19-14-34-28(40)38(24(19)36-26)23-20(29)5-4-6-21(23)30;1-12-6-7-13(21(33)31-22-27-8-9-36-22)10-14(12)18-15-11-28-24(34)32(19-16(25)4-3-5-17(19)26)20(15)30-23(29-18)37(2)35/h4-8,11-13,15,31H,9-10,14H2,1-3H3,(H,34,40)(H,32,35,36)(H,33,37,39);3-10H,11H2,1-2H3,(H,28,34)(H,27,31,33). The van der Waals surface area contributed by atoms with Gasteiger partial charge in [0.25, 0.3) is 11.8 Å². The summed E-state index contributed by atoms with van der Waals surface area (Å²) in [5, 5.41) is 21.4. The number of anilines is 7. The number of carbonyl (C=O) groups excluding carboxylic acids is 4. The third-order valence-electron chi connectivity index (χ3n) is 12.0. The number of urea groups is 2. The molecule has 0 spiro atoms. The molecule has 6 amide bonds. The van der Waals surface area contributed by atoms with Crippen LogP contribution in [0.4, 0.5) is 66.4 Å². The van der Waals surface area contributed by atoms with Gasteiger partial charge in [-0.3, -0.25) is 24.4 Å². The molecule has 2 aliphatic rings. The zero-order chi connectivity index (χ0) is 55.4. The van der Waals surface area contributed by atoms with Crippen LogP contribution in [0.1, 0.15) is 56.8 Å². The van der Waals surface area contributed by atoms with Crippen LogP contribution in [0.3, 0.4) is 0 Å². The van der Waals surface area contributed by atoms with Crippen LogP contribution in [-0.4, -0.2) is 83.4 Å². The SMILES string of the molecule is Cc1ccc(C(=O)Nc2nccs2)cc1-c1nc(NCCNC(C)C)nc2c1CNC(=O)N2c1c(F)cccc1F.Cc1ccc(C(=O)Nc2nccs2)cc1-c1nc(S(C)=O)nc2c1CNC(=O)N2c1c(F)cccc1F. The minimum absolute atomic E-state index is 0.0141. The topological polar surface area (TPSA) is 241 Å². The third-order valence-corrected chi connectivity index (χ3v) is 14.0. The number of fused-ring (bicyclic) bond motifs is 2. The molecule has 6 N–H and O–H groups in total. The van der Waals surface area contributed by atoms with Gasteiger partial charge in [-0.15, -0.1) is 22.7 Å². The molecule has 0 fully saturated rings. The summed E-state index contributed by atoms with van der Waals surface area (Å²) >= 11 is 2.57. The molecular weight excluding hydrogens is 1070 g/mol. The molecule has 0 aliphatic carbocycles. The summed E-state index contributed by atoms with van der Waals surface area (Å²) in [6.45, 7) is 8.71. The number of aromatic nitrogens is 6. The summed E-state index contributed by atoms with van der Waals surface area (Å²) in [6, 6.07) is 15.5. The highest BCUT2D eigenvalue weighted by Gasteiger charge is 2.36. The highest BCUT2D eigenvalue weighted by Crippen LogP contribution is 2.41. The maximum Gasteiger partial charge on any atom is 0.328 e. The highest BCUT2D eigenvalue weighted by atomic mass is 32.2. The molecule has 26 heteroatoms. The second-order valence-corrected chi connectivity index (χ2v) is 20.7. The van der Waals surface area contributed by atoms with E-state index in [2.05, 4.69) is 56.8 Å². The second kappa shape index (κ2) is 23.3. The largest absolute Gasteiger partial charge is 0.353 e. The Kier molecular flexibility index (Phi) is 16.2. The lowest BCUT2D eigenvalue weighted by Gasteiger charge is -2.31. The molecule has 0 bridgehead atoms.